The molecule has 0 bridgehead atoms. The third-order valence-electron chi connectivity index (χ3n) is 2.94. The van der Waals surface area contributed by atoms with Gasteiger partial charge in [-0.2, -0.15) is 0 Å². The van der Waals surface area contributed by atoms with Crippen LogP contribution in [0.25, 0.3) is 0 Å². The minimum Gasteiger partial charge on any atom is -0.323 e. The highest BCUT2D eigenvalue weighted by molar-refractivity contribution is 6.09. The second-order valence-electron chi connectivity index (χ2n) is 4.21. The molecule has 0 fully saturated rings. The SMILES string of the molecule is CN(C(=O)c1cc([N+](=O)[O-])ccc1NN)c1cccnc1. The summed E-state index contributed by atoms with van der Waals surface area (Å²) in [7, 11) is 1.55. The Morgan fingerprint density at radius 3 is 2.76 bits per heavy atom. The molecule has 1 amide bonds. The molecule has 0 radical (unpaired) electrons. The van der Waals surface area contributed by atoms with Gasteiger partial charge in [-0.05, 0) is 18.2 Å². The number of hydrogen-bond donors (Lipinski definition) is 2. The number of nitrogen functional groups attached to an aromatic ring is 1. The highest BCUT2D eigenvalue weighted by Crippen LogP contribution is 2.24. The van der Waals surface area contributed by atoms with Gasteiger partial charge in [-0.3, -0.25) is 25.7 Å². The average Bonchev–Trinajstić information content (AvgIpc) is 2.53. The van der Waals surface area contributed by atoms with Crippen molar-refractivity contribution in [3.05, 3.63) is 58.4 Å². The minimum absolute atomic E-state index is 0.109. The summed E-state index contributed by atoms with van der Waals surface area (Å²) in [4.78, 5) is 28.0. The summed E-state index contributed by atoms with van der Waals surface area (Å²) in [6.45, 7) is 0. The number of carbonyl (C=O) groups is 1. The first-order valence-electron chi connectivity index (χ1n) is 5.97. The number of nitrogens with zero attached hydrogens (tertiary/aromatic N) is 3. The molecule has 1 heterocycles. The van der Waals surface area contributed by atoms with E-state index in [0.29, 0.717) is 11.4 Å². The third-order valence-corrected chi connectivity index (χ3v) is 2.94. The van der Waals surface area contributed by atoms with E-state index >= 15 is 0 Å². The van der Waals surface area contributed by atoms with Crippen molar-refractivity contribution in [3.8, 4) is 0 Å². The van der Waals surface area contributed by atoms with E-state index in [-0.39, 0.29) is 11.3 Å². The van der Waals surface area contributed by atoms with Crippen LogP contribution in [-0.4, -0.2) is 22.9 Å². The summed E-state index contributed by atoms with van der Waals surface area (Å²) in [5, 5.41) is 10.8. The molecule has 2 rings (SSSR count). The van der Waals surface area contributed by atoms with Gasteiger partial charge in [-0.1, -0.05) is 0 Å². The second kappa shape index (κ2) is 5.97. The second-order valence-corrected chi connectivity index (χ2v) is 4.21. The molecule has 0 spiro atoms. The lowest BCUT2D eigenvalue weighted by Gasteiger charge is -2.18. The van der Waals surface area contributed by atoms with E-state index in [1.165, 1.54) is 29.3 Å². The number of nitrogens with two attached hydrogens (primary N) is 1. The zero-order chi connectivity index (χ0) is 15.4. The molecule has 0 saturated heterocycles. The van der Waals surface area contributed by atoms with Gasteiger partial charge in [0.2, 0.25) is 0 Å². The van der Waals surface area contributed by atoms with Crippen LogP contribution in [0.5, 0.6) is 0 Å². The lowest BCUT2D eigenvalue weighted by Crippen LogP contribution is -2.27. The number of nitrogens with one attached hydrogen (secondary N) is 1. The van der Waals surface area contributed by atoms with Gasteiger partial charge in [0.05, 0.1) is 28.1 Å². The van der Waals surface area contributed by atoms with E-state index in [2.05, 4.69) is 10.4 Å². The summed E-state index contributed by atoms with van der Waals surface area (Å²) in [6.07, 6.45) is 3.10. The number of anilines is 2. The number of nitro groups is 1. The molecule has 1 aromatic heterocycles. The molecule has 0 aliphatic heterocycles. The van der Waals surface area contributed by atoms with Crippen molar-refractivity contribution in [1.82, 2.24) is 4.98 Å². The van der Waals surface area contributed by atoms with Crippen molar-refractivity contribution in [1.29, 1.82) is 0 Å². The number of hydrazine groups is 1. The van der Waals surface area contributed by atoms with Gasteiger partial charge < -0.3 is 10.3 Å². The summed E-state index contributed by atoms with van der Waals surface area (Å²) in [5.74, 6) is 4.92. The van der Waals surface area contributed by atoms with E-state index in [4.69, 9.17) is 5.84 Å². The van der Waals surface area contributed by atoms with Crippen LogP contribution in [0.3, 0.4) is 0 Å². The van der Waals surface area contributed by atoms with Gasteiger partial charge in [0.15, 0.2) is 0 Å². The number of rotatable bonds is 4. The number of nitro benzene ring substituents is 1. The molecule has 8 heteroatoms. The predicted octanol–water partition coefficient (Wildman–Crippen LogP) is 1.55. The van der Waals surface area contributed by atoms with E-state index in [1.54, 1.807) is 25.4 Å². The fourth-order valence-electron chi connectivity index (χ4n) is 1.80. The molecule has 3 N–H and O–H groups in total. The van der Waals surface area contributed by atoms with Gasteiger partial charge in [0.1, 0.15) is 0 Å². The van der Waals surface area contributed by atoms with Crippen LogP contribution in [0.4, 0.5) is 17.1 Å². The van der Waals surface area contributed by atoms with Crippen molar-refractivity contribution >= 4 is 23.0 Å². The Labute approximate surface area is 120 Å². The zero-order valence-corrected chi connectivity index (χ0v) is 11.2. The molecule has 2 aromatic rings. The fourth-order valence-corrected chi connectivity index (χ4v) is 1.80. The highest BCUT2D eigenvalue weighted by Gasteiger charge is 2.20. The quantitative estimate of drug-likeness (QED) is 0.501. The number of pyridine rings is 1. The van der Waals surface area contributed by atoms with Crippen LogP contribution >= 0.6 is 0 Å². The summed E-state index contributed by atoms with van der Waals surface area (Å²) < 4.78 is 0. The summed E-state index contributed by atoms with van der Waals surface area (Å²) >= 11 is 0. The number of amides is 1. The van der Waals surface area contributed by atoms with E-state index in [1.807, 2.05) is 0 Å². The predicted molar refractivity (Wildman–Crippen MR) is 77.9 cm³/mol. The van der Waals surface area contributed by atoms with E-state index in [0.717, 1.165) is 0 Å². The molecular formula is C13H13N5O3. The maximum Gasteiger partial charge on any atom is 0.270 e. The van der Waals surface area contributed by atoms with E-state index in [9.17, 15) is 14.9 Å². The van der Waals surface area contributed by atoms with Crippen LogP contribution in [0.15, 0.2) is 42.7 Å². The maximum absolute atomic E-state index is 12.5. The Morgan fingerprint density at radius 2 is 2.19 bits per heavy atom. The van der Waals surface area contributed by atoms with Gasteiger partial charge in [0.25, 0.3) is 11.6 Å². The molecule has 0 saturated carbocycles. The van der Waals surface area contributed by atoms with Crippen molar-refractivity contribution in [2.75, 3.05) is 17.4 Å². The van der Waals surface area contributed by atoms with Crippen molar-refractivity contribution < 1.29 is 9.72 Å². The normalized spacial score (nSPS) is 10.0. The Morgan fingerprint density at radius 1 is 1.43 bits per heavy atom. The summed E-state index contributed by atoms with van der Waals surface area (Å²) in [6, 6.07) is 7.25. The lowest BCUT2D eigenvalue weighted by atomic mass is 10.1. The van der Waals surface area contributed by atoms with Crippen LogP contribution in [-0.2, 0) is 0 Å². The zero-order valence-electron chi connectivity index (χ0n) is 11.2. The first-order chi connectivity index (χ1) is 10.0. The molecule has 21 heavy (non-hydrogen) atoms. The van der Waals surface area contributed by atoms with Gasteiger partial charge in [-0.15, -0.1) is 0 Å². The molecule has 0 unspecified atom stereocenters. The van der Waals surface area contributed by atoms with Gasteiger partial charge in [-0.25, -0.2) is 0 Å². The number of benzene rings is 1. The van der Waals surface area contributed by atoms with Crippen molar-refractivity contribution in [3.63, 3.8) is 0 Å². The Kier molecular flexibility index (Phi) is 4.10. The highest BCUT2D eigenvalue weighted by atomic mass is 16.6. The Bertz CT molecular complexity index is 675. The largest absolute Gasteiger partial charge is 0.323 e. The van der Waals surface area contributed by atoms with Crippen LogP contribution in [0.2, 0.25) is 0 Å². The first kappa shape index (κ1) is 14.4. The Balaban J connectivity index is 2.42. The Hall–Kier alpha value is -3.00. The number of aromatic nitrogens is 1. The standard InChI is InChI=1S/C13H13N5O3/c1-17(10-3-2-6-15-8-10)13(19)11-7-9(18(20)21)4-5-12(11)16-14/h2-8,16H,14H2,1H3. The van der Waals surface area contributed by atoms with Gasteiger partial charge >= 0.3 is 0 Å². The van der Waals surface area contributed by atoms with Gasteiger partial charge in [0, 0.05) is 25.4 Å². The molecule has 0 aliphatic rings. The molecule has 108 valence electrons. The lowest BCUT2D eigenvalue weighted by molar-refractivity contribution is -0.384. The van der Waals surface area contributed by atoms with E-state index < -0.39 is 10.8 Å². The molecule has 1 aromatic carbocycles. The fraction of sp³-hybridized carbons (Fsp3) is 0.0769. The summed E-state index contributed by atoms with van der Waals surface area (Å²) in [5.41, 5.74) is 3.16. The van der Waals surface area contributed by atoms with Crippen LogP contribution in [0, 0.1) is 10.1 Å². The molecule has 0 atom stereocenters. The number of hydrogen-bond acceptors (Lipinski definition) is 6. The topological polar surface area (TPSA) is 114 Å². The minimum atomic E-state index is -0.568. The number of carbonyl (C=O) groups excluding carboxylic acids is 1. The third kappa shape index (κ3) is 2.95. The molecule has 0 aliphatic carbocycles. The molecular weight excluding hydrogens is 274 g/mol. The molecule has 8 nitrogen and oxygen atoms in total. The van der Waals surface area contributed by atoms with Crippen LogP contribution < -0.4 is 16.2 Å². The van der Waals surface area contributed by atoms with Crippen LogP contribution in [0.1, 0.15) is 10.4 Å². The number of non-ortho nitro benzene ring substituents is 1. The average molecular weight is 287 g/mol. The maximum atomic E-state index is 12.5. The van der Waals surface area contributed by atoms with Crippen molar-refractivity contribution in [2.24, 2.45) is 5.84 Å². The van der Waals surface area contributed by atoms with Crippen molar-refractivity contribution in [2.45, 2.75) is 0 Å². The monoisotopic (exact) mass is 287 g/mol. The smallest absolute Gasteiger partial charge is 0.270 e. The first-order valence-corrected chi connectivity index (χ1v) is 5.97.